The van der Waals surface area contributed by atoms with Crippen molar-refractivity contribution in [3.8, 4) is 5.75 Å². The summed E-state index contributed by atoms with van der Waals surface area (Å²) in [5, 5.41) is 1.31. The van der Waals surface area contributed by atoms with E-state index in [4.69, 9.17) is 4.74 Å². The summed E-state index contributed by atoms with van der Waals surface area (Å²) in [5.74, 6) is 0.736. The lowest BCUT2D eigenvalue weighted by molar-refractivity contribution is 0.370. The molecule has 0 aliphatic carbocycles. The third-order valence-electron chi connectivity index (χ3n) is 3.50. The van der Waals surface area contributed by atoms with Crippen molar-refractivity contribution in [2.75, 3.05) is 6.61 Å². The van der Waals surface area contributed by atoms with Gasteiger partial charge in [0.05, 0.1) is 4.90 Å². The van der Waals surface area contributed by atoms with Crippen molar-refractivity contribution in [3.05, 3.63) is 64.6 Å². The van der Waals surface area contributed by atoms with Crippen LogP contribution < -0.4 is 4.74 Å². The fourth-order valence-corrected chi connectivity index (χ4v) is 3.82. The van der Waals surface area contributed by atoms with Crippen LogP contribution in [0.5, 0.6) is 5.75 Å². The zero-order valence-electron chi connectivity index (χ0n) is 12.0. The molecule has 0 saturated carbocycles. The third kappa shape index (κ3) is 2.72. The standard InChI is InChI=1S/C17H16O3S/c1-12-3-6-15(7-4-12)20-10-14-11-21(18,19)17-8-5-13(2)9-16(14)17/h3-9,11H,10H2,1-2H3. The molecule has 0 bridgehead atoms. The second-order valence-corrected chi connectivity index (χ2v) is 7.05. The van der Waals surface area contributed by atoms with Crippen molar-refractivity contribution in [2.24, 2.45) is 0 Å². The largest absolute Gasteiger partial charge is 0.489 e. The van der Waals surface area contributed by atoms with E-state index < -0.39 is 9.84 Å². The van der Waals surface area contributed by atoms with Gasteiger partial charge in [0.15, 0.2) is 0 Å². The van der Waals surface area contributed by atoms with E-state index in [1.165, 1.54) is 5.41 Å². The molecule has 2 aromatic carbocycles. The van der Waals surface area contributed by atoms with Gasteiger partial charge in [-0.3, -0.25) is 0 Å². The maximum absolute atomic E-state index is 12.1. The van der Waals surface area contributed by atoms with Gasteiger partial charge in [-0.15, -0.1) is 0 Å². The van der Waals surface area contributed by atoms with Crippen LogP contribution in [0.2, 0.25) is 0 Å². The maximum atomic E-state index is 12.1. The Morgan fingerprint density at radius 1 is 0.952 bits per heavy atom. The monoisotopic (exact) mass is 300 g/mol. The van der Waals surface area contributed by atoms with E-state index in [0.29, 0.717) is 10.5 Å². The Morgan fingerprint density at radius 3 is 2.33 bits per heavy atom. The molecule has 3 rings (SSSR count). The summed E-state index contributed by atoms with van der Waals surface area (Å²) in [6, 6.07) is 13.1. The van der Waals surface area contributed by atoms with E-state index in [9.17, 15) is 8.42 Å². The summed E-state index contributed by atoms with van der Waals surface area (Å²) in [6.07, 6.45) is 0. The molecule has 3 nitrogen and oxygen atoms in total. The first-order valence-electron chi connectivity index (χ1n) is 6.72. The van der Waals surface area contributed by atoms with Crippen molar-refractivity contribution in [2.45, 2.75) is 18.7 Å². The normalized spacial score (nSPS) is 15.4. The predicted octanol–water partition coefficient (Wildman–Crippen LogP) is 3.51. The summed E-state index contributed by atoms with van der Waals surface area (Å²) in [5.41, 5.74) is 3.65. The van der Waals surface area contributed by atoms with Crippen molar-refractivity contribution in [3.63, 3.8) is 0 Å². The van der Waals surface area contributed by atoms with Crippen LogP contribution in [0, 0.1) is 13.8 Å². The van der Waals surface area contributed by atoms with Gasteiger partial charge in [-0.2, -0.15) is 0 Å². The Bertz CT molecular complexity index is 816. The first kappa shape index (κ1) is 13.9. The lowest BCUT2D eigenvalue weighted by Gasteiger charge is -2.08. The van der Waals surface area contributed by atoms with Gasteiger partial charge in [0.1, 0.15) is 12.4 Å². The van der Waals surface area contributed by atoms with E-state index in [-0.39, 0.29) is 6.61 Å². The van der Waals surface area contributed by atoms with E-state index in [0.717, 1.165) is 22.4 Å². The molecular formula is C17H16O3S. The highest BCUT2D eigenvalue weighted by molar-refractivity contribution is 7.95. The van der Waals surface area contributed by atoms with Crippen LogP contribution in [0.4, 0.5) is 0 Å². The minimum Gasteiger partial charge on any atom is -0.489 e. The van der Waals surface area contributed by atoms with Crippen molar-refractivity contribution >= 4 is 15.4 Å². The molecular weight excluding hydrogens is 284 g/mol. The Morgan fingerprint density at radius 2 is 1.62 bits per heavy atom. The number of rotatable bonds is 3. The molecule has 0 N–H and O–H groups in total. The smallest absolute Gasteiger partial charge is 0.200 e. The van der Waals surface area contributed by atoms with Gasteiger partial charge in [-0.05, 0) is 32.0 Å². The maximum Gasteiger partial charge on any atom is 0.200 e. The van der Waals surface area contributed by atoms with Gasteiger partial charge in [0.25, 0.3) is 0 Å². The summed E-state index contributed by atoms with van der Waals surface area (Å²) < 4.78 is 29.9. The van der Waals surface area contributed by atoms with Crippen LogP contribution in [0.3, 0.4) is 0 Å². The van der Waals surface area contributed by atoms with E-state index in [1.54, 1.807) is 6.07 Å². The number of hydrogen-bond acceptors (Lipinski definition) is 3. The number of ether oxygens (including phenoxy) is 1. The van der Waals surface area contributed by atoms with Crippen molar-refractivity contribution in [1.82, 2.24) is 0 Å². The van der Waals surface area contributed by atoms with Gasteiger partial charge in [-0.25, -0.2) is 8.42 Å². The van der Waals surface area contributed by atoms with Gasteiger partial charge >= 0.3 is 0 Å². The second kappa shape index (κ2) is 5.04. The molecule has 21 heavy (non-hydrogen) atoms. The van der Waals surface area contributed by atoms with E-state index in [1.807, 2.05) is 50.2 Å². The van der Waals surface area contributed by atoms with E-state index >= 15 is 0 Å². The molecule has 0 amide bonds. The summed E-state index contributed by atoms with van der Waals surface area (Å²) in [4.78, 5) is 0.371. The van der Waals surface area contributed by atoms with Crippen LogP contribution in [0.1, 0.15) is 16.7 Å². The van der Waals surface area contributed by atoms with E-state index in [2.05, 4.69) is 0 Å². The number of fused-ring (bicyclic) bond motifs is 1. The molecule has 0 spiro atoms. The van der Waals surface area contributed by atoms with Gasteiger partial charge < -0.3 is 4.74 Å². The zero-order chi connectivity index (χ0) is 15.0. The highest BCUT2D eigenvalue weighted by Gasteiger charge is 2.26. The predicted molar refractivity (Wildman–Crippen MR) is 83.0 cm³/mol. The van der Waals surface area contributed by atoms with Crippen LogP contribution >= 0.6 is 0 Å². The molecule has 1 heterocycles. The lowest BCUT2D eigenvalue weighted by Crippen LogP contribution is -1.99. The van der Waals surface area contributed by atoms with Crippen LogP contribution in [0.25, 0.3) is 5.57 Å². The van der Waals surface area contributed by atoms with Crippen molar-refractivity contribution < 1.29 is 13.2 Å². The molecule has 0 atom stereocenters. The van der Waals surface area contributed by atoms with Crippen LogP contribution in [-0.2, 0) is 9.84 Å². The SMILES string of the molecule is Cc1ccc(OCC2=CS(=O)(=O)c3ccc(C)cc32)cc1. The highest BCUT2D eigenvalue weighted by Crippen LogP contribution is 2.34. The first-order chi connectivity index (χ1) is 9.95. The minimum atomic E-state index is -3.32. The Hall–Kier alpha value is -2.07. The molecule has 108 valence electrons. The highest BCUT2D eigenvalue weighted by atomic mass is 32.2. The molecule has 0 fully saturated rings. The fraction of sp³-hybridized carbons (Fsp3) is 0.176. The topological polar surface area (TPSA) is 43.4 Å². The summed E-state index contributed by atoms with van der Waals surface area (Å²) in [7, 11) is -3.32. The Labute approximate surface area is 124 Å². The summed E-state index contributed by atoms with van der Waals surface area (Å²) in [6.45, 7) is 4.21. The Kier molecular flexibility index (Phi) is 3.33. The number of aryl methyl sites for hydroxylation is 2. The molecule has 4 heteroatoms. The average molecular weight is 300 g/mol. The Balaban J connectivity index is 1.87. The quantitative estimate of drug-likeness (QED) is 0.871. The molecule has 1 aliphatic rings. The van der Waals surface area contributed by atoms with Crippen molar-refractivity contribution in [1.29, 1.82) is 0 Å². The molecule has 0 radical (unpaired) electrons. The molecule has 0 unspecified atom stereocenters. The van der Waals surface area contributed by atoms with Gasteiger partial charge in [0.2, 0.25) is 9.84 Å². The first-order valence-corrected chi connectivity index (χ1v) is 8.26. The second-order valence-electron chi connectivity index (χ2n) is 5.29. The minimum absolute atomic E-state index is 0.249. The molecule has 0 aromatic heterocycles. The molecule has 0 saturated heterocycles. The van der Waals surface area contributed by atoms with Gasteiger partial charge in [0, 0.05) is 16.5 Å². The zero-order valence-corrected chi connectivity index (χ0v) is 12.8. The lowest BCUT2D eigenvalue weighted by atomic mass is 10.1. The molecule has 2 aromatic rings. The van der Waals surface area contributed by atoms with Crippen LogP contribution in [-0.4, -0.2) is 15.0 Å². The average Bonchev–Trinajstić information content (AvgIpc) is 2.69. The number of hydrogen-bond donors (Lipinski definition) is 0. The number of sulfone groups is 1. The summed E-state index contributed by atoms with van der Waals surface area (Å²) >= 11 is 0. The van der Waals surface area contributed by atoms with Gasteiger partial charge in [-0.1, -0.05) is 35.4 Å². The van der Waals surface area contributed by atoms with Crippen LogP contribution in [0.15, 0.2) is 52.8 Å². The third-order valence-corrected chi connectivity index (χ3v) is 5.06. The fourth-order valence-electron chi connectivity index (χ4n) is 2.36. The molecule has 1 aliphatic heterocycles. The number of benzene rings is 2.